The van der Waals surface area contributed by atoms with Gasteiger partial charge in [0.25, 0.3) is 0 Å². The number of sulfonamides is 1. The molecular weight excluding hydrogens is 370 g/mol. The van der Waals surface area contributed by atoms with Crippen LogP contribution in [0.25, 0.3) is 0 Å². The van der Waals surface area contributed by atoms with Gasteiger partial charge in [0.05, 0.1) is 18.1 Å². The van der Waals surface area contributed by atoms with Gasteiger partial charge in [-0.1, -0.05) is 18.2 Å². The van der Waals surface area contributed by atoms with E-state index < -0.39 is 10.0 Å². The van der Waals surface area contributed by atoms with Gasteiger partial charge in [0, 0.05) is 17.0 Å². The van der Waals surface area contributed by atoms with Crippen LogP contribution in [0.3, 0.4) is 0 Å². The molecule has 1 heterocycles. The summed E-state index contributed by atoms with van der Waals surface area (Å²) in [6.07, 6.45) is 0.760. The van der Waals surface area contributed by atoms with E-state index in [1.54, 1.807) is 23.9 Å². The summed E-state index contributed by atoms with van der Waals surface area (Å²) in [6.45, 7) is 4.65. The second-order valence-corrected chi connectivity index (χ2v) is 8.67. The highest BCUT2D eigenvalue weighted by Gasteiger charge is 2.26. The molecule has 2 aromatic rings. The third-order valence-electron chi connectivity index (χ3n) is 4.08. The van der Waals surface area contributed by atoms with Crippen LogP contribution in [0.5, 0.6) is 11.5 Å². The van der Waals surface area contributed by atoms with E-state index in [1.165, 1.54) is 6.07 Å². The zero-order valence-corrected chi connectivity index (χ0v) is 16.5. The summed E-state index contributed by atoms with van der Waals surface area (Å²) in [5.74, 6) is 1.88. The molecule has 0 amide bonds. The second-order valence-electron chi connectivity index (χ2n) is 5.82. The number of thioether (sulfide) groups is 1. The van der Waals surface area contributed by atoms with Crippen molar-refractivity contribution in [2.45, 2.75) is 36.1 Å². The van der Waals surface area contributed by atoms with Crippen LogP contribution >= 0.6 is 11.8 Å². The molecule has 26 heavy (non-hydrogen) atoms. The van der Waals surface area contributed by atoms with Gasteiger partial charge in [-0.25, -0.2) is 13.1 Å². The second kappa shape index (κ2) is 8.33. The largest absolute Gasteiger partial charge is 0.490 e. The van der Waals surface area contributed by atoms with E-state index in [0.29, 0.717) is 24.7 Å². The van der Waals surface area contributed by atoms with Crippen molar-refractivity contribution < 1.29 is 17.9 Å². The maximum Gasteiger partial charge on any atom is 0.241 e. The van der Waals surface area contributed by atoms with Crippen LogP contribution < -0.4 is 14.2 Å². The monoisotopic (exact) mass is 393 g/mol. The SMILES string of the molecule is CCOc1ccc(S(=O)(=O)N[C@H]2CCSc3ccccc32)cc1OCC. The lowest BCUT2D eigenvalue weighted by molar-refractivity contribution is 0.287. The Morgan fingerprint density at radius 1 is 1.08 bits per heavy atom. The van der Waals surface area contributed by atoms with Crippen molar-refractivity contribution in [1.29, 1.82) is 0 Å². The first-order valence-corrected chi connectivity index (χ1v) is 11.2. The number of nitrogens with one attached hydrogen (secondary N) is 1. The molecule has 1 N–H and O–H groups in total. The van der Waals surface area contributed by atoms with Crippen LogP contribution in [0.15, 0.2) is 52.3 Å². The molecule has 3 rings (SSSR count). The molecule has 7 heteroatoms. The standard InChI is InChI=1S/C19H23NO4S2/c1-3-23-17-10-9-14(13-18(17)24-4-2)26(21,22)20-16-11-12-25-19-8-6-5-7-15(16)19/h5-10,13,16,20H,3-4,11-12H2,1-2H3/t16-/m0/s1. The molecule has 1 aliphatic heterocycles. The van der Waals surface area contributed by atoms with Crippen LogP contribution in [0.4, 0.5) is 0 Å². The van der Waals surface area contributed by atoms with E-state index in [9.17, 15) is 8.42 Å². The lowest BCUT2D eigenvalue weighted by Gasteiger charge is -2.25. The maximum atomic E-state index is 12.9. The maximum absolute atomic E-state index is 12.9. The minimum absolute atomic E-state index is 0.181. The number of benzene rings is 2. The Morgan fingerprint density at radius 2 is 1.81 bits per heavy atom. The predicted octanol–water partition coefficient (Wildman–Crippen LogP) is 4.00. The molecule has 5 nitrogen and oxygen atoms in total. The first kappa shape index (κ1) is 19.1. The summed E-state index contributed by atoms with van der Waals surface area (Å²) in [5.41, 5.74) is 1.03. The van der Waals surface area contributed by atoms with Gasteiger partial charge >= 0.3 is 0 Å². The van der Waals surface area contributed by atoms with Crippen molar-refractivity contribution in [3.05, 3.63) is 48.0 Å². The summed E-state index contributed by atoms with van der Waals surface area (Å²) in [4.78, 5) is 1.31. The minimum Gasteiger partial charge on any atom is -0.490 e. The van der Waals surface area contributed by atoms with Crippen LogP contribution in [0.2, 0.25) is 0 Å². The van der Waals surface area contributed by atoms with E-state index in [4.69, 9.17) is 9.47 Å². The summed E-state index contributed by atoms with van der Waals surface area (Å²) >= 11 is 1.76. The Bertz CT molecular complexity index is 868. The molecule has 0 radical (unpaired) electrons. The molecule has 0 saturated carbocycles. The highest BCUT2D eigenvalue weighted by Crippen LogP contribution is 2.37. The average molecular weight is 394 g/mol. The Labute approximate surface area is 159 Å². The molecule has 0 unspecified atom stereocenters. The number of rotatable bonds is 7. The van der Waals surface area contributed by atoms with Crippen molar-refractivity contribution in [2.24, 2.45) is 0 Å². The molecule has 1 aliphatic rings. The molecule has 0 bridgehead atoms. The fourth-order valence-electron chi connectivity index (χ4n) is 2.92. The Morgan fingerprint density at radius 3 is 2.58 bits per heavy atom. The van der Waals surface area contributed by atoms with E-state index in [-0.39, 0.29) is 10.9 Å². The fourth-order valence-corrected chi connectivity index (χ4v) is 5.31. The summed E-state index contributed by atoms with van der Waals surface area (Å²) in [7, 11) is -3.67. The Kier molecular flexibility index (Phi) is 6.11. The van der Waals surface area contributed by atoms with E-state index in [0.717, 1.165) is 22.6 Å². The molecule has 2 aromatic carbocycles. The zero-order chi connectivity index (χ0) is 18.6. The highest BCUT2D eigenvalue weighted by molar-refractivity contribution is 7.99. The van der Waals surface area contributed by atoms with E-state index in [1.807, 2.05) is 38.1 Å². The topological polar surface area (TPSA) is 64.6 Å². The highest BCUT2D eigenvalue weighted by atomic mass is 32.2. The molecule has 0 saturated heterocycles. The summed E-state index contributed by atoms with van der Waals surface area (Å²) in [5, 5.41) is 0. The smallest absolute Gasteiger partial charge is 0.241 e. The third kappa shape index (κ3) is 4.16. The molecule has 1 atom stereocenters. The predicted molar refractivity (Wildman–Crippen MR) is 104 cm³/mol. The van der Waals surface area contributed by atoms with E-state index >= 15 is 0 Å². The van der Waals surface area contributed by atoms with Gasteiger partial charge in [-0.3, -0.25) is 0 Å². The van der Waals surface area contributed by atoms with Gasteiger partial charge in [-0.05, 0) is 49.8 Å². The molecule has 140 valence electrons. The van der Waals surface area contributed by atoms with Crippen LogP contribution in [0.1, 0.15) is 31.9 Å². The van der Waals surface area contributed by atoms with Crippen molar-refractivity contribution >= 4 is 21.8 Å². The van der Waals surface area contributed by atoms with Crippen LogP contribution in [0, 0.1) is 0 Å². The van der Waals surface area contributed by atoms with Gasteiger partial charge in [-0.2, -0.15) is 0 Å². The fraction of sp³-hybridized carbons (Fsp3) is 0.368. The average Bonchev–Trinajstić information content (AvgIpc) is 2.63. The number of hydrogen-bond acceptors (Lipinski definition) is 5. The molecule has 0 aromatic heterocycles. The van der Waals surface area contributed by atoms with Gasteiger partial charge < -0.3 is 9.47 Å². The van der Waals surface area contributed by atoms with Crippen molar-refractivity contribution in [2.75, 3.05) is 19.0 Å². The zero-order valence-electron chi connectivity index (χ0n) is 14.9. The normalized spacial score (nSPS) is 16.8. The Balaban J connectivity index is 1.88. The number of ether oxygens (including phenoxy) is 2. The molecule has 0 aliphatic carbocycles. The molecule has 0 spiro atoms. The minimum atomic E-state index is -3.67. The summed E-state index contributed by atoms with van der Waals surface area (Å²) < 4.78 is 39.8. The van der Waals surface area contributed by atoms with Crippen LogP contribution in [-0.4, -0.2) is 27.4 Å². The van der Waals surface area contributed by atoms with Gasteiger partial charge in [0.2, 0.25) is 10.0 Å². The quantitative estimate of drug-likeness (QED) is 0.770. The van der Waals surface area contributed by atoms with Crippen molar-refractivity contribution in [1.82, 2.24) is 4.72 Å². The lowest BCUT2D eigenvalue weighted by atomic mass is 10.1. The van der Waals surface area contributed by atoms with E-state index in [2.05, 4.69) is 4.72 Å². The number of hydrogen-bond donors (Lipinski definition) is 1. The first-order valence-electron chi connectivity index (χ1n) is 8.69. The van der Waals surface area contributed by atoms with Gasteiger partial charge in [0.1, 0.15) is 0 Å². The molecular formula is C19H23NO4S2. The summed E-state index contributed by atoms with van der Waals surface area (Å²) in [6, 6.07) is 12.4. The lowest BCUT2D eigenvalue weighted by Crippen LogP contribution is -2.30. The van der Waals surface area contributed by atoms with Crippen LogP contribution in [-0.2, 0) is 10.0 Å². The van der Waals surface area contributed by atoms with Crippen molar-refractivity contribution in [3.63, 3.8) is 0 Å². The Hall–Kier alpha value is -1.70. The molecule has 0 fully saturated rings. The first-order chi connectivity index (χ1) is 12.5. The number of fused-ring (bicyclic) bond motifs is 1. The van der Waals surface area contributed by atoms with Gasteiger partial charge in [0.15, 0.2) is 11.5 Å². The van der Waals surface area contributed by atoms with Gasteiger partial charge in [-0.15, -0.1) is 11.8 Å². The third-order valence-corrected chi connectivity index (χ3v) is 6.67. The van der Waals surface area contributed by atoms with Crippen molar-refractivity contribution in [3.8, 4) is 11.5 Å².